The molecule has 0 saturated heterocycles. The zero-order valence-corrected chi connectivity index (χ0v) is 12.7. The van der Waals surface area contributed by atoms with Crippen molar-refractivity contribution >= 4 is 22.9 Å². The Morgan fingerprint density at radius 2 is 2.16 bits per heavy atom. The van der Waals surface area contributed by atoms with E-state index >= 15 is 0 Å². The second-order valence-corrected chi connectivity index (χ2v) is 6.19. The van der Waals surface area contributed by atoms with Crippen molar-refractivity contribution < 1.29 is 4.39 Å². The number of rotatable bonds is 4. The zero-order chi connectivity index (χ0) is 14.0. The maximum Gasteiger partial charge on any atom is 0.129 e. The van der Waals surface area contributed by atoms with E-state index in [2.05, 4.69) is 17.2 Å². The summed E-state index contributed by atoms with van der Waals surface area (Å²) in [5, 5.41) is 4.79. The van der Waals surface area contributed by atoms with Crippen LogP contribution in [0.1, 0.15) is 34.1 Å². The average Bonchev–Trinajstić information content (AvgIpc) is 2.67. The van der Waals surface area contributed by atoms with E-state index in [0.29, 0.717) is 17.1 Å². The summed E-state index contributed by atoms with van der Waals surface area (Å²) in [5.41, 5.74) is 1.66. The monoisotopic (exact) mass is 298 g/mol. The largest absolute Gasteiger partial charge is 0.305 e. The van der Waals surface area contributed by atoms with Crippen LogP contribution in [0.3, 0.4) is 0 Å². The molecule has 19 heavy (non-hydrogen) atoms. The van der Waals surface area contributed by atoms with Crippen molar-refractivity contribution in [3.05, 3.63) is 50.2 Å². The van der Waals surface area contributed by atoms with E-state index < -0.39 is 0 Å². The Labute approximate surface area is 121 Å². The highest BCUT2D eigenvalue weighted by Crippen LogP contribution is 2.25. The minimum absolute atomic E-state index is 0.154. The number of halogens is 2. The van der Waals surface area contributed by atoms with Crippen LogP contribution in [0.25, 0.3) is 0 Å². The van der Waals surface area contributed by atoms with E-state index in [9.17, 15) is 4.39 Å². The third-order valence-electron chi connectivity index (χ3n) is 2.95. The normalized spacial score (nSPS) is 12.7. The summed E-state index contributed by atoms with van der Waals surface area (Å²) in [4.78, 5) is 5.60. The lowest BCUT2D eigenvalue weighted by molar-refractivity contribution is 0.547. The highest BCUT2D eigenvalue weighted by molar-refractivity contribution is 7.11. The molecule has 2 nitrogen and oxygen atoms in total. The van der Waals surface area contributed by atoms with Gasteiger partial charge in [0.05, 0.1) is 10.7 Å². The SMILES string of the molecule is Cc1nc(C)c(C(C)NCc2ccc(Cl)cc2F)s1. The van der Waals surface area contributed by atoms with Crippen LogP contribution in [-0.2, 0) is 6.54 Å². The highest BCUT2D eigenvalue weighted by Gasteiger charge is 2.13. The molecule has 1 unspecified atom stereocenters. The van der Waals surface area contributed by atoms with Crippen LogP contribution in [-0.4, -0.2) is 4.98 Å². The van der Waals surface area contributed by atoms with Gasteiger partial charge in [0.2, 0.25) is 0 Å². The molecule has 0 aliphatic rings. The van der Waals surface area contributed by atoms with E-state index in [1.54, 1.807) is 23.5 Å². The number of benzene rings is 1. The molecule has 0 fully saturated rings. The van der Waals surface area contributed by atoms with Gasteiger partial charge in [-0.2, -0.15) is 0 Å². The number of nitrogens with one attached hydrogen (secondary N) is 1. The molecule has 5 heteroatoms. The van der Waals surface area contributed by atoms with E-state index in [4.69, 9.17) is 11.6 Å². The van der Waals surface area contributed by atoms with Crippen molar-refractivity contribution in [2.45, 2.75) is 33.4 Å². The summed E-state index contributed by atoms with van der Waals surface area (Å²) >= 11 is 7.41. The molecule has 0 bridgehead atoms. The summed E-state index contributed by atoms with van der Waals surface area (Å²) < 4.78 is 13.7. The van der Waals surface area contributed by atoms with Crippen molar-refractivity contribution in [3.8, 4) is 0 Å². The predicted octanol–water partition coefficient (Wildman–Crippen LogP) is 4.40. The molecule has 0 radical (unpaired) electrons. The van der Waals surface area contributed by atoms with Crippen LogP contribution in [0.5, 0.6) is 0 Å². The second-order valence-electron chi connectivity index (χ2n) is 4.52. The first kappa shape index (κ1) is 14.4. The lowest BCUT2D eigenvalue weighted by Crippen LogP contribution is -2.18. The topological polar surface area (TPSA) is 24.9 Å². The molecule has 1 aromatic carbocycles. The van der Waals surface area contributed by atoms with Crippen molar-refractivity contribution in [2.24, 2.45) is 0 Å². The van der Waals surface area contributed by atoms with Crippen molar-refractivity contribution in [3.63, 3.8) is 0 Å². The molecule has 1 aromatic heterocycles. The fraction of sp³-hybridized carbons (Fsp3) is 0.357. The molecule has 2 aromatic rings. The Balaban J connectivity index is 2.04. The first-order valence-corrected chi connectivity index (χ1v) is 7.28. The second kappa shape index (κ2) is 5.99. The van der Waals surface area contributed by atoms with Crippen LogP contribution >= 0.6 is 22.9 Å². The Morgan fingerprint density at radius 1 is 1.42 bits per heavy atom. The smallest absolute Gasteiger partial charge is 0.129 e. The van der Waals surface area contributed by atoms with Crippen LogP contribution in [0.15, 0.2) is 18.2 Å². The van der Waals surface area contributed by atoms with Crippen LogP contribution in [0.2, 0.25) is 5.02 Å². The fourth-order valence-electron chi connectivity index (χ4n) is 1.97. The molecule has 0 aliphatic heterocycles. The Kier molecular flexibility index (Phi) is 4.55. The Bertz CT molecular complexity index is 583. The summed E-state index contributed by atoms with van der Waals surface area (Å²) in [6.45, 7) is 6.53. The van der Waals surface area contributed by atoms with E-state index in [1.807, 2.05) is 13.8 Å². The van der Waals surface area contributed by atoms with Crippen LogP contribution in [0.4, 0.5) is 4.39 Å². The molecule has 1 N–H and O–H groups in total. The summed E-state index contributed by atoms with van der Waals surface area (Å²) in [6, 6.07) is 4.91. The highest BCUT2D eigenvalue weighted by atomic mass is 35.5. The minimum Gasteiger partial charge on any atom is -0.305 e. The number of thiazole rings is 1. The lowest BCUT2D eigenvalue weighted by Gasteiger charge is -2.13. The molecule has 0 aliphatic carbocycles. The van der Waals surface area contributed by atoms with Gasteiger partial charge in [0, 0.05) is 28.0 Å². The van der Waals surface area contributed by atoms with Gasteiger partial charge in [-0.05, 0) is 32.9 Å². The average molecular weight is 299 g/mol. The van der Waals surface area contributed by atoms with Crippen molar-refractivity contribution in [2.75, 3.05) is 0 Å². The van der Waals surface area contributed by atoms with Crippen LogP contribution < -0.4 is 5.32 Å². The third kappa shape index (κ3) is 3.53. The molecule has 1 atom stereocenters. The first-order chi connectivity index (χ1) is 8.97. The molecule has 2 rings (SSSR count). The standard InChI is InChI=1S/C14H16ClFN2S/c1-8(14-9(2)18-10(3)19-14)17-7-11-4-5-12(15)6-13(11)16/h4-6,8,17H,7H2,1-3H3. The molecule has 0 saturated carbocycles. The Hall–Kier alpha value is -0.970. The molecular weight excluding hydrogens is 283 g/mol. The summed E-state index contributed by atoms with van der Waals surface area (Å²) in [7, 11) is 0. The number of hydrogen-bond acceptors (Lipinski definition) is 3. The molecule has 0 amide bonds. The maximum atomic E-state index is 13.7. The third-order valence-corrected chi connectivity index (χ3v) is 4.44. The number of nitrogens with zero attached hydrogens (tertiary/aromatic N) is 1. The van der Waals surface area contributed by atoms with Crippen LogP contribution in [0, 0.1) is 19.7 Å². The van der Waals surface area contributed by atoms with Gasteiger partial charge in [-0.3, -0.25) is 0 Å². The molecule has 102 valence electrons. The lowest BCUT2D eigenvalue weighted by atomic mass is 10.2. The maximum absolute atomic E-state index is 13.7. The van der Waals surface area contributed by atoms with Gasteiger partial charge in [0.15, 0.2) is 0 Å². The minimum atomic E-state index is -0.274. The number of aromatic nitrogens is 1. The van der Waals surface area contributed by atoms with Gasteiger partial charge < -0.3 is 5.32 Å². The fourth-order valence-corrected chi connectivity index (χ4v) is 3.08. The number of aryl methyl sites for hydroxylation is 2. The summed E-state index contributed by atoms with van der Waals surface area (Å²) in [6.07, 6.45) is 0. The van der Waals surface area contributed by atoms with E-state index in [0.717, 1.165) is 10.7 Å². The molecular formula is C14H16ClFN2S. The zero-order valence-electron chi connectivity index (χ0n) is 11.1. The van der Waals surface area contributed by atoms with Gasteiger partial charge in [-0.15, -0.1) is 11.3 Å². The van der Waals surface area contributed by atoms with Crippen molar-refractivity contribution in [1.29, 1.82) is 0 Å². The van der Waals surface area contributed by atoms with Gasteiger partial charge >= 0.3 is 0 Å². The predicted molar refractivity (Wildman–Crippen MR) is 78.3 cm³/mol. The van der Waals surface area contributed by atoms with Gasteiger partial charge in [-0.25, -0.2) is 9.37 Å². The quantitative estimate of drug-likeness (QED) is 0.905. The van der Waals surface area contributed by atoms with Gasteiger partial charge in [0.1, 0.15) is 5.82 Å². The Morgan fingerprint density at radius 3 is 2.74 bits per heavy atom. The first-order valence-electron chi connectivity index (χ1n) is 6.08. The van der Waals surface area contributed by atoms with E-state index in [1.165, 1.54) is 10.9 Å². The summed E-state index contributed by atoms with van der Waals surface area (Å²) in [5.74, 6) is -0.274. The number of hydrogen-bond donors (Lipinski definition) is 1. The van der Waals surface area contributed by atoms with Crippen molar-refractivity contribution in [1.82, 2.24) is 10.3 Å². The molecule has 0 spiro atoms. The van der Waals surface area contributed by atoms with Gasteiger partial charge in [-0.1, -0.05) is 17.7 Å². The molecule has 1 heterocycles. The van der Waals surface area contributed by atoms with E-state index in [-0.39, 0.29) is 11.9 Å². The van der Waals surface area contributed by atoms with Gasteiger partial charge in [0.25, 0.3) is 0 Å².